The molecule has 0 saturated heterocycles. The summed E-state index contributed by atoms with van der Waals surface area (Å²) < 4.78 is 0. The van der Waals surface area contributed by atoms with E-state index in [2.05, 4.69) is 0 Å². The first-order valence-electron chi connectivity index (χ1n) is 7.44. The second kappa shape index (κ2) is 15.1. The van der Waals surface area contributed by atoms with E-state index in [1.165, 1.54) is 0 Å². The van der Waals surface area contributed by atoms with Gasteiger partial charge in [0.2, 0.25) is 0 Å². The van der Waals surface area contributed by atoms with Gasteiger partial charge in [-0.3, -0.25) is 0 Å². The number of hydrogen-bond acceptors (Lipinski definition) is 2. The minimum atomic E-state index is -3.35. The third-order valence-electron chi connectivity index (χ3n) is 3.24. The largest absolute Gasteiger partial charge is 2.00 e. The number of rotatable bonds is 2. The quantitative estimate of drug-likeness (QED) is 0.659. The van der Waals surface area contributed by atoms with E-state index in [0.29, 0.717) is 11.1 Å². The summed E-state index contributed by atoms with van der Waals surface area (Å²) >= 11 is 0. The Morgan fingerprint density at radius 3 is 0.800 bits per heavy atom. The molecular weight excluding hydrogens is 412 g/mol. The first-order chi connectivity index (χ1) is 11.2. The Hall–Kier alpha value is 1.18. The van der Waals surface area contributed by atoms with Crippen LogP contribution in [-0.4, -0.2) is 18.2 Å². The Bertz CT molecular complexity index is 253. The summed E-state index contributed by atoms with van der Waals surface area (Å²) in [7, 11) is -3.35. The third-order valence-corrected chi connectivity index (χ3v) is 5.52. The van der Waals surface area contributed by atoms with E-state index < -0.39 is 8.56 Å². The molecule has 25 heavy (non-hydrogen) atoms. The van der Waals surface area contributed by atoms with Gasteiger partial charge in [-0.15, -0.1) is 0 Å². The van der Waals surface area contributed by atoms with Crippen molar-refractivity contribution >= 4 is 8.56 Å². The Balaban J connectivity index is 0.000000400. The van der Waals surface area contributed by atoms with Gasteiger partial charge in [0.25, 0.3) is 0 Å². The van der Waals surface area contributed by atoms with Crippen molar-refractivity contribution in [1.29, 1.82) is 0 Å². The van der Waals surface area contributed by atoms with E-state index in [9.17, 15) is 9.59 Å². The van der Waals surface area contributed by atoms with Gasteiger partial charge >= 0.3 is 42.7 Å². The van der Waals surface area contributed by atoms with Crippen LogP contribution >= 0.6 is 0 Å². The molecule has 0 amide bonds. The summed E-state index contributed by atoms with van der Waals surface area (Å²) in [6.45, 7) is 0. The van der Waals surface area contributed by atoms with Gasteiger partial charge in [-0.25, -0.2) is 0 Å². The van der Waals surface area contributed by atoms with Gasteiger partial charge in [0.15, 0.2) is 0 Å². The first-order valence-corrected chi connectivity index (χ1v) is 9.33. The summed E-state index contributed by atoms with van der Waals surface area (Å²) in [6.07, 6.45) is 34.2. The molecule has 20 radical (unpaired) electrons. The Kier molecular flexibility index (Phi) is 15.9. The van der Waals surface area contributed by atoms with Crippen molar-refractivity contribution in [3.05, 3.63) is 127 Å². The Morgan fingerprint density at radius 2 is 0.600 bits per heavy atom. The van der Waals surface area contributed by atoms with Crippen molar-refractivity contribution in [2.24, 2.45) is 0 Å². The van der Waals surface area contributed by atoms with Gasteiger partial charge in [0.1, 0.15) is 0 Å². The van der Waals surface area contributed by atoms with Crippen molar-refractivity contribution in [1.82, 2.24) is 0 Å². The molecule has 4 rings (SSSR count). The molecule has 5 heteroatoms. The Labute approximate surface area is 178 Å². The van der Waals surface area contributed by atoms with Crippen molar-refractivity contribution in [3.8, 4) is 0 Å². The minimum absolute atomic E-state index is 0. The molecule has 128 valence electrons. The fourth-order valence-electron chi connectivity index (χ4n) is 2.02. The molecule has 0 aromatic rings. The van der Waals surface area contributed by atoms with E-state index in [4.69, 9.17) is 0 Å². The second-order valence-corrected chi connectivity index (χ2v) is 7.44. The molecule has 0 aromatic carbocycles. The molecular formula is C20H20Fe2O2Si+4. The molecule has 0 spiro atoms. The van der Waals surface area contributed by atoms with Crippen LogP contribution in [0.15, 0.2) is 0 Å². The molecule has 0 atom stereocenters. The average Bonchev–Trinajstić information content (AvgIpc) is 3.44. The molecule has 0 aliphatic heterocycles. The molecule has 4 saturated carbocycles. The first kappa shape index (κ1) is 26.2. The standard InChI is InChI=1S/C10H10O2Si.2C5H5.2Fe/c11-13(12,9-5-1-2-6-9)10-7-3-4-8-10;2*1-2-4-5-3-1;;/h1-8,11-12H;2*1-5H;;/q;;;2*+2. The van der Waals surface area contributed by atoms with Crippen molar-refractivity contribution < 1.29 is 43.7 Å². The van der Waals surface area contributed by atoms with Gasteiger partial charge in [-0.2, -0.15) is 0 Å². The summed E-state index contributed by atoms with van der Waals surface area (Å²) in [4.78, 5) is 19.9. The summed E-state index contributed by atoms with van der Waals surface area (Å²) in [6, 6.07) is 0. The van der Waals surface area contributed by atoms with Crippen molar-refractivity contribution in [2.45, 2.75) is 0 Å². The smallest absolute Gasteiger partial charge is 0.410 e. The predicted octanol–water partition coefficient (Wildman–Crippen LogP) is 2.34. The molecule has 4 fully saturated rings. The van der Waals surface area contributed by atoms with Crippen LogP contribution < -0.4 is 0 Å². The van der Waals surface area contributed by atoms with E-state index >= 15 is 0 Å². The molecule has 0 heterocycles. The van der Waals surface area contributed by atoms with E-state index in [1.54, 1.807) is 25.7 Å². The number of hydrogen-bond donors (Lipinski definition) is 2. The SMILES string of the molecule is O[Si](O)([C]1[CH][CH][CH][CH]1)[C]1[CH][CH][CH][CH]1.[CH]1[CH][CH][CH][CH]1.[CH]1[CH][CH][CH][CH]1.[Fe+2].[Fe+2]. The van der Waals surface area contributed by atoms with Crippen LogP contribution in [0.4, 0.5) is 0 Å². The van der Waals surface area contributed by atoms with Crippen LogP contribution in [0.25, 0.3) is 0 Å². The van der Waals surface area contributed by atoms with Crippen LogP contribution in [0.2, 0.25) is 0 Å². The van der Waals surface area contributed by atoms with E-state index in [-0.39, 0.29) is 34.1 Å². The summed E-state index contributed by atoms with van der Waals surface area (Å²) in [5, 5.41) is 0. The Morgan fingerprint density at radius 1 is 0.400 bits per heavy atom. The summed E-state index contributed by atoms with van der Waals surface area (Å²) in [5.74, 6) is 0. The minimum Gasteiger partial charge on any atom is -0.410 e. The van der Waals surface area contributed by atoms with Crippen molar-refractivity contribution in [3.63, 3.8) is 0 Å². The van der Waals surface area contributed by atoms with E-state index in [0.717, 1.165) is 0 Å². The van der Waals surface area contributed by atoms with Crippen LogP contribution in [-0.2, 0) is 34.1 Å². The molecule has 4 aliphatic carbocycles. The van der Waals surface area contributed by atoms with Crippen LogP contribution in [0.1, 0.15) is 0 Å². The predicted molar refractivity (Wildman–Crippen MR) is 94.1 cm³/mol. The fraction of sp³-hybridized carbons (Fsp3) is 0. The average molecular weight is 432 g/mol. The third kappa shape index (κ3) is 9.78. The van der Waals surface area contributed by atoms with Gasteiger partial charge in [0, 0.05) is 11.1 Å². The topological polar surface area (TPSA) is 40.5 Å². The van der Waals surface area contributed by atoms with Crippen LogP contribution in [0, 0.1) is 127 Å². The second-order valence-electron chi connectivity index (χ2n) is 4.94. The maximum Gasteiger partial charge on any atom is 2.00 e. The maximum atomic E-state index is 9.93. The summed E-state index contributed by atoms with van der Waals surface area (Å²) in [5.41, 5.74) is 1.28. The molecule has 4 aliphatic rings. The van der Waals surface area contributed by atoms with Crippen molar-refractivity contribution in [2.75, 3.05) is 0 Å². The van der Waals surface area contributed by atoms with Gasteiger partial charge < -0.3 is 9.59 Å². The zero-order valence-electron chi connectivity index (χ0n) is 13.5. The zero-order valence-corrected chi connectivity index (χ0v) is 16.7. The fourth-order valence-corrected chi connectivity index (χ4v) is 3.67. The molecule has 2 nitrogen and oxygen atoms in total. The van der Waals surface area contributed by atoms with Gasteiger partial charge in [0.05, 0.1) is 0 Å². The molecule has 2 N–H and O–H groups in total. The molecule has 0 unspecified atom stereocenters. The normalized spacial score (nSPS) is 23.8. The van der Waals surface area contributed by atoms with Gasteiger partial charge in [-0.1, -0.05) is 0 Å². The molecule has 0 aromatic heterocycles. The van der Waals surface area contributed by atoms with Gasteiger partial charge in [-0.05, 0) is 116 Å². The maximum absolute atomic E-state index is 9.93. The molecule has 0 bridgehead atoms. The monoisotopic (exact) mass is 432 g/mol. The van der Waals surface area contributed by atoms with E-state index in [1.807, 2.05) is 89.9 Å². The van der Waals surface area contributed by atoms with Crippen LogP contribution in [0.3, 0.4) is 0 Å². The van der Waals surface area contributed by atoms with Crippen LogP contribution in [0.5, 0.6) is 0 Å². The zero-order chi connectivity index (χ0) is 16.4.